The Hall–Kier alpha value is -1.31. The van der Waals surface area contributed by atoms with Crippen LogP contribution in [0.25, 0.3) is 0 Å². The van der Waals surface area contributed by atoms with Crippen molar-refractivity contribution in [1.29, 1.82) is 0 Å². The van der Waals surface area contributed by atoms with E-state index in [1.165, 1.54) is 0 Å². The van der Waals surface area contributed by atoms with E-state index < -0.39 is 0 Å². The quantitative estimate of drug-likeness (QED) is 0.662. The fourth-order valence-electron chi connectivity index (χ4n) is 1.15. The summed E-state index contributed by atoms with van der Waals surface area (Å²) in [7, 11) is 1.61. The summed E-state index contributed by atoms with van der Waals surface area (Å²) in [5.41, 5.74) is 0.766. The minimum atomic E-state index is 0.199. The van der Waals surface area contributed by atoms with E-state index >= 15 is 0 Å². The number of methoxy groups -OCH3 is 1. The lowest BCUT2D eigenvalue weighted by Gasteiger charge is -2.01. The topological polar surface area (TPSA) is 26.3 Å². The third-order valence-corrected chi connectivity index (χ3v) is 1.89. The first-order valence-electron chi connectivity index (χ1n) is 4.45. The molecule has 0 unspecified atom stereocenters. The first kappa shape index (κ1) is 9.78. The monoisotopic (exact) mass is 178 g/mol. The van der Waals surface area contributed by atoms with Crippen LogP contribution >= 0.6 is 0 Å². The van der Waals surface area contributed by atoms with Crippen LogP contribution < -0.4 is 4.74 Å². The Morgan fingerprint density at radius 1 is 1.31 bits per heavy atom. The average Bonchev–Trinajstić information content (AvgIpc) is 2.18. The number of rotatable bonds is 4. The van der Waals surface area contributed by atoms with Gasteiger partial charge in [-0.25, -0.2) is 0 Å². The Labute approximate surface area is 78.5 Å². The number of carbonyl (C=O) groups excluding carboxylic acids is 1. The van der Waals surface area contributed by atoms with E-state index in [2.05, 4.69) is 0 Å². The van der Waals surface area contributed by atoms with Crippen molar-refractivity contribution in [2.24, 2.45) is 0 Å². The van der Waals surface area contributed by atoms with Gasteiger partial charge in [-0.1, -0.05) is 6.92 Å². The van der Waals surface area contributed by atoms with Gasteiger partial charge in [-0.05, 0) is 30.7 Å². The van der Waals surface area contributed by atoms with E-state index in [4.69, 9.17) is 4.74 Å². The lowest BCUT2D eigenvalue weighted by atomic mass is 10.1. The molecule has 13 heavy (non-hydrogen) atoms. The summed E-state index contributed by atoms with van der Waals surface area (Å²) in [6.45, 7) is 2.00. The van der Waals surface area contributed by atoms with Crippen LogP contribution in [0.5, 0.6) is 5.75 Å². The first-order chi connectivity index (χ1) is 6.27. The van der Waals surface area contributed by atoms with Crippen LogP contribution in [0.1, 0.15) is 30.1 Å². The molecule has 0 atom stereocenters. The number of carbonyl (C=O) groups is 1. The van der Waals surface area contributed by atoms with E-state index in [9.17, 15) is 4.79 Å². The van der Waals surface area contributed by atoms with Gasteiger partial charge in [0, 0.05) is 12.0 Å². The summed E-state index contributed by atoms with van der Waals surface area (Å²) < 4.78 is 5.00. The lowest BCUT2D eigenvalue weighted by Crippen LogP contribution is -1.97. The molecule has 0 saturated heterocycles. The van der Waals surface area contributed by atoms with Crippen molar-refractivity contribution < 1.29 is 9.53 Å². The second-order valence-electron chi connectivity index (χ2n) is 2.90. The fraction of sp³-hybridized carbons (Fsp3) is 0.364. The first-order valence-corrected chi connectivity index (χ1v) is 4.45. The zero-order chi connectivity index (χ0) is 9.68. The van der Waals surface area contributed by atoms with Crippen LogP contribution in [0.2, 0.25) is 0 Å². The van der Waals surface area contributed by atoms with Crippen molar-refractivity contribution in [1.82, 2.24) is 0 Å². The molecule has 0 aromatic heterocycles. The molecule has 0 fully saturated rings. The highest BCUT2D eigenvalue weighted by molar-refractivity contribution is 5.96. The summed E-state index contributed by atoms with van der Waals surface area (Å²) in [6.07, 6.45) is 1.51. The van der Waals surface area contributed by atoms with Gasteiger partial charge in [-0.3, -0.25) is 4.79 Å². The summed E-state index contributed by atoms with van der Waals surface area (Å²) in [5, 5.41) is 0. The predicted molar refractivity (Wildman–Crippen MR) is 52.2 cm³/mol. The highest BCUT2D eigenvalue weighted by Crippen LogP contribution is 2.12. The van der Waals surface area contributed by atoms with Crippen molar-refractivity contribution in [3.8, 4) is 5.75 Å². The minimum absolute atomic E-state index is 0.199. The molecule has 0 radical (unpaired) electrons. The number of ether oxygens (including phenoxy) is 1. The highest BCUT2D eigenvalue weighted by Gasteiger charge is 2.03. The SMILES string of the molecule is CCCC(=O)c1ccc(OC)cc1. The molecule has 1 aromatic carbocycles. The molecule has 0 bridgehead atoms. The zero-order valence-corrected chi connectivity index (χ0v) is 8.04. The molecule has 0 N–H and O–H groups in total. The van der Waals surface area contributed by atoms with E-state index in [0.29, 0.717) is 6.42 Å². The van der Waals surface area contributed by atoms with Crippen LogP contribution in [-0.2, 0) is 0 Å². The Kier molecular flexibility index (Phi) is 3.50. The normalized spacial score (nSPS) is 9.69. The van der Waals surface area contributed by atoms with Crippen LogP contribution in [0.15, 0.2) is 24.3 Å². The lowest BCUT2D eigenvalue weighted by molar-refractivity contribution is 0.0981. The fourth-order valence-corrected chi connectivity index (χ4v) is 1.15. The van der Waals surface area contributed by atoms with Crippen molar-refractivity contribution in [2.75, 3.05) is 7.11 Å². The van der Waals surface area contributed by atoms with Crippen molar-refractivity contribution in [3.63, 3.8) is 0 Å². The Bertz CT molecular complexity index is 275. The van der Waals surface area contributed by atoms with Gasteiger partial charge >= 0.3 is 0 Å². The molecule has 2 heteroatoms. The van der Waals surface area contributed by atoms with Gasteiger partial charge in [0.05, 0.1) is 7.11 Å². The zero-order valence-electron chi connectivity index (χ0n) is 8.04. The van der Waals surface area contributed by atoms with Crippen molar-refractivity contribution in [2.45, 2.75) is 19.8 Å². The Morgan fingerprint density at radius 3 is 2.38 bits per heavy atom. The molecule has 1 aromatic rings. The molecular formula is C11H14O2. The number of Topliss-reactive ketones (excluding diaryl/α,β-unsaturated/α-hetero) is 1. The van der Waals surface area contributed by atoms with Crippen molar-refractivity contribution in [3.05, 3.63) is 29.8 Å². The molecule has 2 nitrogen and oxygen atoms in total. The van der Waals surface area contributed by atoms with Crippen LogP contribution in [-0.4, -0.2) is 12.9 Å². The maximum Gasteiger partial charge on any atom is 0.162 e. The average molecular weight is 178 g/mol. The standard InChI is InChI=1S/C11H14O2/c1-3-4-11(12)9-5-7-10(13-2)8-6-9/h5-8H,3-4H2,1-2H3. The van der Waals surface area contributed by atoms with Gasteiger partial charge in [0.15, 0.2) is 5.78 Å². The van der Waals surface area contributed by atoms with Gasteiger partial charge < -0.3 is 4.74 Å². The molecule has 0 heterocycles. The minimum Gasteiger partial charge on any atom is -0.497 e. The van der Waals surface area contributed by atoms with E-state index in [1.54, 1.807) is 19.2 Å². The number of benzene rings is 1. The number of hydrogen-bond donors (Lipinski definition) is 0. The number of ketones is 1. The van der Waals surface area contributed by atoms with Gasteiger partial charge in [0.25, 0.3) is 0 Å². The molecule has 1 rings (SSSR count). The molecule has 0 aliphatic heterocycles. The molecular weight excluding hydrogens is 164 g/mol. The summed E-state index contributed by atoms with van der Waals surface area (Å²) in [6, 6.07) is 7.22. The molecule has 0 aliphatic carbocycles. The van der Waals surface area contributed by atoms with Crippen LogP contribution in [0.3, 0.4) is 0 Å². The summed E-state index contributed by atoms with van der Waals surface area (Å²) in [4.78, 5) is 11.4. The molecule has 0 saturated carbocycles. The molecule has 0 amide bonds. The van der Waals surface area contributed by atoms with Crippen LogP contribution in [0, 0.1) is 0 Å². The van der Waals surface area contributed by atoms with Gasteiger partial charge in [-0.2, -0.15) is 0 Å². The van der Waals surface area contributed by atoms with Crippen LogP contribution in [0.4, 0.5) is 0 Å². The summed E-state index contributed by atoms with van der Waals surface area (Å²) >= 11 is 0. The van der Waals surface area contributed by atoms with Gasteiger partial charge in [0.1, 0.15) is 5.75 Å². The largest absolute Gasteiger partial charge is 0.497 e. The second kappa shape index (κ2) is 4.65. The maximum atomic E-state index is 11.4. The predicted octanol–water partition coefficient (Wildman–Crippen LogP) is 2.68. The van der Waals surface area contributed by atoms with Gasteiger partial charge in [-0.15, -0.1) is 0 Å². The number of hydrogen-bond acceptors (Lipinski definition) is 2. The Morgan fingerprint density at radius 2 is 1.92 bits per heavy atom. The van der Waals surface area contributed by atoms with E-state index in [0.717, 1.165) is 17.7 Å². The Balaban J connectivity index is 2.74. The van der Waals surface area contributed by atoms with E-state index in [1.807, 2.05) is 19.1 Å². The summed E-state index contributed by atoms with van der Waals surface area (Å²) in [5.74, 6) is 0.984. The molecule has 70 valence electrons. The third-order valence-electron chi connectivity index (χ3n) is 1.89. The van der Waals surface area contributed by atoms with E-state index in [-0.39, 0.29) is 5.78 Å². The second-order valence-corrected chi connectivity index (χ2v) is 2.90. The molecule has 0 spiro atoms. The smallest absolute Gasteiger partial charge is 0.162 e. The van der Waals surface area contributed by atoms with Gasteiger partial charge in [0.2, 0.25) is 0 Å². The highest BCUT2D eigenvalue weighted by atomic mass is 16.5. The maximum absolute atomic E-state index is 11.4. The molecule has 0 aliphatic rings. The van der Waals surface area contributed by atoms with Crippen molar-refractivity contribution >= 4 is 5.78 Å². The third kappa shape index (κ3) is 2.58.